The van der Waals surface area contributed by atoms with Crippen molar-refractivity contribution in [3.8, 4) is 5.75 Å². The standard InChI is InChI=1S/C12H10ClNO2/c1-14-8-4-6-10(14)12(15)16-11-7-3-2-5-9(11)13/h2-8H,1H3. The molecule has 0 aliphatic rings. The van der Waals surface area contributed by atoms with Gasteiger partial charge in [0.1, 0.15) is 11.4 Å². The molecule has 0 aliphatic heterocycles. The van der Waals surface area contributed by atoms with Crippen LogP contribution in [0.2, 0.25) is 5.02 Å². The van der Waals surface area contributed by atoms with Gasteiger partial charge in [-0.25, -0.2) is 4.79 Å². The van der Waals surface area contributed by atoms with Crippen LogP contribution in [-0.4, -0.2) is 10.5 Å². The first kappa shape index (κ1) is 10.8. The fourth-order valence-electron chi connectivity index (χ4n) is 1.35. The average molecular weight is 236 g/mol. The van der Waals surface area contributed by atoms with Crippen LogP contribution in [0.15, 0.2) is 42.6 Å². The fourth-order valence-corrected chi connectivity index (χ4v) is 1.53. The number of nitrogens with zero attached hydrogens (tertiary/aromatic N) is 1. The third-order valence-electron chi connectivity index (χ3n) is 2.19. The van der Waals surface area contributed by atoms with E-state index < -0.39 is 5.97 Å². The van der Waals surface area contributed by atoms with Crippen molar-refractivity contribution in [1.29, 1.82) is 0 Å². The minimum absolute atomic E-state index is 0.371. The lowest BCUT2D eigenvalue weighted by molar-refractivity contribution is 0.0725. The molecule has 0 aliphatic carbocycles. The monoisotopic (exact) mass is 235 g/mol. The molecule has 0 saturated carbocycles. The second-order valence-corrected chi connectivity index (χ2v) is 3.73. The highest BCUT2D eigenvalue weighted by atomic mass is 35.5. The minimum atomic E-state index is -0.416. The van der Waals surface area contributed by atoms with Gasteiger partial charge in [0.2, 0.25) is 0 Å². The predicted octanol–water partition coefficient (Wildman–Crippen LogP) is 2.90. The van der Waals surface area contributed by atoms with Gasteiger partial charge in [-0.3, -0.25) is 0 Å². The van der Waals surface area contributed by atoms with Gasteiger partial charge in [-0.15, -0.1) is 0 Å². The van der Waals surface area contributed by atoms with Crippen molar-refractivity contribution in [1.82, 2.24) is 4.57 Å². The van der Waals surface area contributed by atoms with Crippen LogP contribution in [0.25, 0.3) is 0 Å². The van der Waals surface area contributed by atoms with Gasteiger partial charge in [0, 0.05) is 13.2 Å². The zero-order valence-electron chi connectivity index (χ0n) is 8.68. The second-order valence-electron chi connectivity index (χ2n) is 3.32. The number of hydrogen-bond donors (Lipinski definition) is 0. The van der Waals surface area contributed by atoms with E-state index in [0.717, 1.165) is 0 Å². The lowest BCUT2D eigenvalue weighted by Crippen LogP contribution is -2.12. The van der Waals surface area contributed by atoms with Crippen molar-refractivity contribution >= 4 is 17.6 Å². The molecule has 0 fully saturated rings. The fraction of sp³-hybridized carbons (Fsp3) is 0.0833. The van der Waals surface area contributed by atoms with E-state index in [4.69, 9.17) is 16.3 Å². The maximum atomic E-state index is 11.7. The van der Waals surface area contributed by atoms with Crippen LogP contribution >= 0.6 is 11.6 Å². The lowest BCUT2D eigenvalue weighted by atomic mass is 10.3. The first-order valence-electron chi connectivity index (χ1n) is 4.76. The highest BCUT2D eigenvalue weighted by Crippen LogP contribution is 2.23. The molecule has 0 saturated heterocycles. The van der Waals surface area contributed by atoms with Gasteiger partial charge >= 0.3 is 5.97 Å². The quantitative estimate of drug-likeness (QED) is 0.592. The summed E-state index contributed by atoms with van der Waals surface area (Å²) in [4.78, 5) is 11.7. The number of esters is 1. The summed E-state index contributed by atoms with van der Waals surface area (Å²) in [7, 11) is 1.78. The number of rotatable bonds is 2. The van der Waals surface area contributed by atoms with E-state index >= 15 is 0 Å². The Balaban J connectivity index is 2.21. The Bertz CT molecular complexity index is 519. The average Bonchev–Trinajstić information content (AvgIpc) is 2.68. The summed E-state index contributed by atoms with van der Waals surface area (Å²) in [6.45, 7) is 0. The van der Waals surface area contributed by atoms with Crippen molar-refractivity contribution in [2.24, 2.45) is 7.05 Å². The third kappa shape index (κ3) is 2.09. The number of carbonyl (C=O) groups excluding carboxylic acids is 1. The van der Waals surface area contributed by atoms with Gasteiger partial charge in [0.25, 0.3) is 0 Å². The van der Waals surface area contributed by atoms with Crippen LogP contribution in [0.1, 0.15) is 10.5 Å². The lowest BCUT2D eigenvalue weighted by Gasteiger charge is -2.06. The number of aryl methyl sites for hydroxylation is 1. The SMILES string of the molecule is Cn1cccc1C(=O)Oc1ccccc1Cl. The first-order valence-corrected chi connectivity index (χ1v) is 5.14. The van der Waals surface area contributed by atoms with Gasteiger partial charge in [-0.2, -0.15) is 0 Å². The Morgan fingerprint density at radius 3 is 2.62 bits per heavy atom. The molecule has 82 valence electrons. The molecule has 0 atom stereocenters. The van der Waals surface area contributed by atoms with E-state index in [1.807, 2.05) is 0 Å². The largest absolute Gasteiger partial charge is 0.420 e. The van der Waals surface area contributed by atoms with Gasteiger partial charge < -0.3 is 9.30 Å². The van der Waals surface area contributed by atoms with Crippen LogP contribution in [0.4, 0.5) is 0 Å². The molecule has 0 spiro atoms. The highest BCUT2D eigenvalue weighted by molar-refractivity contribution is 6.32. The van der Waals surface area contributed by atoms with E-state index in [-0.39, 0.29) is 0 Å². The topological polar surface area (TPSA) is 31.2 Å². The summed E-state index contributed by atoms with van der Waals surface area (Å²) >= 11 is 5.89. The third-order valence-corrected chi connectivity index (χ3v) is 2.50. The summed E-state index contributed by atoms with van der Waals surface area (Å²) < 4.78 is 6.87. The highest BCUT2D eigenvalue weighted by Gasteiger charge is 2.12. The Kier molecular flexibility index (Phi) is 2.97. The van der Waals surface area contributed by atoms with Crippen LogP contribution in [0, 0.1) is 0 Å². The molecular formula is C12H10ClNO2. The smallest absolute Gasteiger partial charge is 0.360 e. The van der Waals surface area contributed by atoms with Crippen molar-refractivity contribution < 1.29 is 9.53 Å². The van der Waals surface area contributed by atoms with E-state index in [1.54, 1.807) is 54.2 Å². The van der Waals surface area contributed by atoms with Crippen LogP contribution < -0.4 is 4.74 Å². The van der Waals surface area contributed by atoms with Gasteiger partial charge in [0.15, 0.2) is 0 Å². The van der Waals surface area contributed by atoms with E-state index in [9.17, 15) is 4.79 Å². The number of benzene rings is 1. The van der Waals surface area contributed by atoms with Crippen LogP contribution in [0.3, 0.4) is 0 Å². The molecule has 3 nitrogen and oxygen atoms in total. The normalized spacial score (nSPS) is 10.1. The van der Waals surface area contributed by atoms with E-state index in [0.29, 0.717) is 16.5 Å². The second kappa shape index (κ2) is 4.41. The first-order chi connectivity index (χ1) is 7.68. The molecule has 1 aromatic carbocycles. The maximum Gasteiger partial charge on any atom is 0.360 e. The van der Waals surface area contributed by atoms with Crippen LogP contribution in [-0.2, 0) is 7.05 Å². The summed E-state index contributed by atoms with van der Waals surface area (Å²) in [6, 6.07) is 10.3. The number of para-hydroxylation sites is 1. The molecule has 0 amide bonds. The molecule has 0 bridgehead atoms. The molecule has 1 heterocycles. The number of carbonyl (C=O) groups is 1. The molecule has 2 aromatic rings. The number of ether oxygens (including phenoxy) is 1. The summed E-state index contributed by atoms with van der Waals surface area (Å²) in [6.07, 6.45) is 1.78. The molecule has 0 unspecified atom stereocenters. The van der Waals surface area contributed by atoms with E-state index in [2.05, 4.69) is 0 Å². The van der Waals surface area contributed by atoms with Gasteiger partial charge in [0.05, 0.1) is 5.02 Å². The van der Waals surface area contributed by atoms with Crippen molar-refractivity contribution in [2.75, 3.05) is 0 Å². The summed E-state index contributed by atoms with van der Waals surface area (Å²) in [5, 5.41) is 0.421. The van der Waals surface area contributed by atoms with Gasteiger partial charge in [-0.1, -0.05) is 23.7 Å². The minimum Gasteiger partial charge on any atom is -0.420 e. The van der Waals surface area contributed by atoms with E-state index in [1.165, 1.54) is 0 Å². The Morgan fingerprint density at radius 2 is 2.00 bits per heavy atom. The molecule has 0 N–H and O–H groups in total. The molecule has 4 heteroatoms. The molecule has 0 radical (unpaired) electrons. The Labute approximate surface area is 98.2 Å². The summed E-state index contributed by atoms with van der Waals surface area (Å²) in [5.74, 6) is -0.0454. The molecule has 16 heavy (non-hydrogen) atoms. The maximum absolute atomic E-state index is 11.7. The van der Waals surface area contributed by atoms with Crippen molar-refractivity contribution in [3.05, 3.63) is 53.3 Å². The molecular weight excluding hydrogens is 226 g/mol. The van der Waals surface area contributed by atoms with Crippen LogP contribution in [0.5, 0.6) is 5.75 Å². The Hall–Kier alpha value is -1.74. The Morgan fingerprint density at radius 1 is 1.25 bits per heavy atom. The molecule has 1 aromatic heterocycles. The van der Waals surface area contributed by atoms with Crippen molar-refractivity contribution in [3.63, 3.8) is 0 Å². The number of hydrogen-bond acceptors (Lipinski definition) is 2. The predicted molar refractivity (Wildman–Crippen MR) is 61.8 cm³/mol. The summed E-state index contributed by atoms with van der Waals surface area (Å²) in [5.41, 5.74) is 0.486. The number of aromatic nitrogens is 1. The zero-order valence-corrected chi connectivity index (χ0v) is 9.44. The van der Waals surface area contributed by atoms with Crippen molar-refractivity contribution in [2.45, 2.75) is 0 Å². The number of halogens is 1. The zero-order chi connectivity index (χ0) is 11.5. The molecule has 2 rings (SSSR count). The van der Waals surface area contributed by atoms with Gasteiger partial charge in [-0.05, 0) is 24.3 Å².